The Morgan fingerprint density at radius 2 is 1.84 bits per heavy atom. The van der Waals surface area contributed by atoms with Crippen molar-refractivity contribution in [1.82, 2.24) is 4.72 Å². The minimum absolute atomic E-state index is 0.273. The van der Waals surface area contributed by atoms with Crippen LogP contribution in [0.2, 0.25) is 0 Å². The van der Waals surface area contributed by atoms with E-state index < -0.39 is 11.0 Å². The fourth-order valence-electron chi connectivity index (χ4n) is 3.57. The molecule has 0 spiro atoms. The molecule has 7 heteroatoms. The molecule has 1 N–H and O–H groups in total. The van der Waals surface area contributed by atoms with Crippen molar-refractivity contribution in [2.75, 3.05) is 6.61 Å². The number of ether oxygens (including phenoxy) is 3. The van der Waals surface area contributed by atoms with E-state index >= 15 is 0 Å². The number of benzene rings is 3. The predicted molar refractivity (Wildman–Crippen MR) is 117 cm³/mol. The maximum Gasteiger partial charge on any atom is 0.257 e. The van der Waals surface area contributed by atoms with Gasteiger partial charge in [0.15, 0.2) is 28.6 Å². The molecule has 2 aliphatic rings. The number of nitrogens with one attached hydrogen (secondary N) is 1. The third-order valence-electron chi connectivity index (χ3n) is 5.03. The van der Waals surface area contributed by atoms with Gasteiger partial charge in [-0.05, 0) is 48.4 Å². The Bertz CT molecular complexity index is 1220. The number of amides is 1. The molecule has 3 aromatic rings. The highest BCUT2D eigenvalue weighted by Crippen LogP contribution is 2.43. The van der Waals surface area contributed by atoms with Crippen molar-refractivity contribution in [3.63, 3.8) is 0 Å². The van der Waals surface area contributed by atoms with Gasteiger partial charge in [0.25, 0.3) is 5.91 Å². The van der Waals surface area contributed by atoms with Crippen LogP contribution in [0.1, 0.15) is 22.8 Å². The summed E-state index contributed by atoms with van der Waals surface area (Å²) in [5.74, 6) is 2.39. The first kappa shape index (κ1) is 19.4. The SMILES string of the molecule is Cc1cccc(Oc2cccc3c2OCC3Oc2ccc(C3=CC(=O)NS3=O)cc2)c1. The van der Waals surface area contributed by atoms with Crippen LogP contribution in [-0.2, 0) is 15.8 Å². The fraction of sp³-hybridized carbons (Fsp3) is 0.125. The van der Waals surface area contributed by atoms with Gasteiger partial charge < -0.3 is 14.2 Å². The Morgan fingerprint density at radius 3 is 2.58 bits per heavy atom. The molecular formula is C24H19NO5S. The lowest BCUT2D eigenvalue weighted by atomic mass is 10.1. The Morgan fingerprint density at radius 1 is 1.03 bits per heavy atom. The summed E-state index contributed by atoms with van der Waals surface area (Å²) in [6.07, 6.45) is 1.08. The van der Waals surface area contributed by atoms with Crippen LogP contribution >= 0.6 is 0 Å². The average Bonchev–Trinajstić information content (AvgIpc) is 3.32. The quantitative estimate of drug-likeness (QED) is 0.644. The molecule has 3 aromatic carbocycles. The number of hydrogen-bond donors (Lipinski definition) is 1. The van der Waals surface area contributed by atoms with Gasteiger partial charge in [0, 0.05) is 11.6 Å². The molecular weight excluding hydrogens is 414 g/mol. The van der Waals surface area contributed by atoms with Gasteiger partial charge in [-0.2, -0.15) is 0 Å². The monoisotopic (exact) mass is 433 g/mol. The number of rotatable bonds is 5. The summed E-state index contributed by atoms with van der Waals surface area (Å²) in [5.41, 5.74) is 2.75. The Hall–Kier alpha value is -3.58. The summed E-state index contributed by atoms with van der Waals surface area (Å²) in [5, 5.41) is 0. The molecule has 0 radical (unpaired) electrons. The van der Waals surface area contributed by atoms with Crippen LogP contribution in [0.4, 0.5) is 0 Å². The summed E-state index contributed by atoms with van der Waals surface area (Å²) in [6, 6.07) is 20.8. The fourth-order valence-corrected chi connectivity index (χ4v) is 4.49. The van der Waals surface area contributed by atoms with Crippen LogP contribution in [-0.4, -0.2) is 16.7 Å². The normalized spacial score (nSPS) is 19.3. The largest absolute Gasteiger partial charge is 0.485 e. The minimum atomic E-state index is -1.52. The molecule has 5 rings (SSSR count). The van der Waals surface area contributed by atoms with Gasteiger partial charge in [0.05, 0.1) is 4.91 Å². The van der Waals surface area contributed by atoms with Crippen molar-refractivity contribution in [2.45, 2.75) is 13.0 Å². The van der Waals surface area contributed by atoms with Gasteiger partial charge in [-0.1, -0.05) is 36.4 Å². The lowest BCUT2D eigenvalue weighted by Gasteiger charge is -2.14. The Kier molecular flexibility index (Phi) is 4.95. The van der Waals surface area contributed by atoms with Gasteiger partial charge in [0.1, 0.15) is 18.1 Å². The first-order valence-corrected chi connectivity index (χ1v) is 10.9. The second-order valence-electron chi connectivity index (χ2n) is 7.28. The van der Waals surface area contributed by atoms with E-state index in [9.17, 15) is 9.00 Å². The third kappa shape index (κ3) is 3.92. The van der Waals surface area contributed by atoms with Crippen LogP contribution in [0.5, 0.6) is 23.0 Å². The summed E-state index contributed by atoms with van der Waals surface area (Å²) < 4.78 is 32.4. The first-order valence-electron chi connectivity index (χ1n) is 9.78. The average molecular weight is 433 g/mol. The molecule has 2 atom stereocenters. The highest BCUT2D eigenvalue weighted by Gasteiger charge is 2.29. The number of fused-ring (bicyclic) bond motifs is 1. The van der Waals surface area contributed by atoms with Crippen LogP contribution < -0.4 is 18.9 Å². The molecule has 156 valence electrons. The molecule has 0 fully saturated rings. The van der Waals surface area contributed by atoms with Crippen molar-refractivity contribution in [2.24, 2.45) is 0 Å². The van der Waals surface area contributed by atoms with E-state index in [0.717, 1.165) is 16.9 Å². The van der Waals surface area contributed by atoms with E-state index in [-0.39, 0.29) is 12.0 Å². The van der Waals surface area contributed by atoms with Crippen molar-refractivity contribution in [1.29, 1.82) is 0 Å². The number of carbonyl (C=O) groups is 1. The number of para-hydroxylation sites is 1. The lowest BCUT2D eigenvalue weighted by Crippen LogP contribution is -2.16. The third-order valence-corrected chi connectivity index (χ3v) is 6.16. The van der Waals surface area contributed by atoms with E-state index in [1.54, 1.807) is 24.3 Å². The van der Waals surface area contributed by atoms with Crippen LogP contribution in [0.15, 0.2) is 72.8 Å². The zero-order valence-electron chi connectivity index (χ0n) is 16.7. The van der Waals surface area contributed by atoms with E-state index in [2.05, 4.69) is 4.72 Å². The highest BCUT2D eigenvalue weighted by atomic mass is 32.2. The van der Waals surface area contributed by atoms with E-state index in [1.165, 1.54) is 6.08 Å². The van der Waals surface area contributed by atoms with Crippen molar-refractivity contribution in [3.05, 3.63) is 89.5 Å². The Balaban J connectivity index is 1.33. The van der Waals surface area contributed by atoms with Crippen LogP contribution in [0.3, 0.4) is 0 Å². The molecule has 2 aliphatic heterocycles. The summed E-state index contributed by atoms with van der Waals surface area (Å²) >= 11 is 0. The topological polar surface area (TPSA) is 73.9 Å². The minimum Gasteiger partial charge on any atom is -0.485 e. The second-order valence-corrected chi connectivity index (χ2v) is 8.46. The van der Waals surface area contributed by atoms with Crippen LogP contribution in [0, 0.1) is 6.92 Å². The van der Waals surface area contributed by atoms with Gasteiger partial charge >= 0.3 is 0 Å². The van der Waals surface area contributed by atoms with Gasteiger partial charge in [-0.15, -0.1) is 0 Å². The lowest BCUT2D eigenvalue weighted by molar-refractivity contribution is -0.114. The van der Waals surface area contributed by atoms with Crippen molar-refractivity contribution < 1.29 is 23.2 Å². The molecule has 0 aromatic heterocycles. The van der Waals surface area contributed by atoms with Crippen molar-refractivity contribution >= 4 is 21.8 Å². The van der Waals surface area contributed by atoms with Crippen molar-refractivity contribution in [3.8, 4) is 23.0 Å². The number of aryl methyl sites for hydroxylation is 1. The van der Waals surface area contributed by atoms with E-state index in [1.807, 2.05) is 49.4 Å². The maximum absolute atomic E-state index is 11.9. The first-order chi connectivity index (χ1) is 15.1. The standard InChI is InChI=1S/C24H19NO5S/c1-15-4-2-5-18(12-15)30-20-7-3-6-19-21(14-28-24(19)20)29-17-10-8-16(9-11-17)22-13-23(26)25-31(22)27/h2-13,21H,14H2,1H3,(H,25,26). The van der Waals surface area contributed by atoms with Gasteiger partial charge in [-0.3, -0.25) is 9.52 Å². The molecule has 2 heterocycles. The molecule has 2 unspecified atom stereocenters. The molecule has 0 bridgehead atoms. The van der Waals surface area contributed by atoms with Gasteiger partial charge in [-0.25, -0.2) is 4.21 Å². The summed E-state index contributed by atoms with van der Waals surface area (Å²) in [4.78, 5) is 11.8. The van der Waals surface area contributed by atoms with Crippen LogP contribution in [0.25, 0.3) is 4.91 Å². The molecule has 0 aliphatic carbocycles. The zero-order chi connectivity index (χ0) is 21.4. The predicted octanol–water partition coefficient (Wildman–Crippen LogP) is 4.43. The molecule has 31 heavy (non-hydrogen) atoms. The second kappa shape index (κ2) is 7.92. The van der Waals surface area contributed by atoms with E-state index in [0.29, 0.717) is 34.3 Å². The molecule has 0 saturated carbocycles. The Labute approximate surface area is 182 Å². The number of hydrogen-bond acceptors (Lipinski definition) is 5. The molecule has 6 nitrogen and oxygen atoms in total. The highest BCUT2D eigenvalue weighted by molar-refractivity contribution is 7.93. The van der Waals surface area contributed by atoms with Gasteiger partial charge in [0.2, 0.25) is 0 Å². The zero-order valence-corrected chi connectivity index (χ0v) is 17.5. The summed E-state index contributed by atoms with van der Waals surface area (Å²) in [6.45, 7) is 2.39. The smallest absolute Gasteiger partial charge is 0.257 e. The maximum atomic E-state index is 11.9. The molecule has 1 amide bonds. The van der Waals surface area contributed by atoms with E-state index in [4.69, 9.17) is 14.2 Å². The summed E-state index contributed by atoms with van der Waals surface area (Å²) in [7, 11) is -1.52. The number of carbonyl (C=O) groups excluding carboxylic acids is 1. The molecule has 0 saturated heterocycles.